The largest absolute Gasteiger partial charge is 0.480 e. The number of carbonyl (C=O) groups excluding carboxylic acids is 2. The normalized spacial score (nSPS) is 17.9. The lowest BCUT2D eigenvalue weighted by atomic mass is 10.0. The van der Waals surface area contributed by atoms with Gasteiger partial charge in [0, 0.05) is 13.0 Å². The van der Waals surface area contributed by atoms with Gasteiger partial charge >= 0.3 is 5.97 Å². The van der Waals surface area contributed by atoms with Crippen molar-refractivity contribution in [2.75, 3.05) is 11.4 Å². The van der Waals surface area contributed by atoms with Gasteiger partial charge in [-0.05, 0) is 25.0 Å². The quantitative estimate of drug-likeness (QED) is 0.820. The molecule has 1 heterocycles. The van der Waals surface area contributed by atoms with Crippen LogP contribution in [0.3, 0.4) is 0 Å². The Kier molecular flexibility index (Phi) is 5.43. The highest BCUT2D eigenvalue weighted by molar-refractivity contribution is 6.00. The van der Waals surface area contributed by atoms with Gasteiger partial charge < -0.3 is 20.1 Å². The summed E-state index contributed by atoms with van der Waals surface area (Å²) < 4.78 is 5.54. The van der Waals surface area contributed by atoms with E-state index in [1.807, 2.05) is 6.07 Å². The Hall–Kier alpha value is -2.57. The Bertz CT molecular complexity index is 644. The van der Waals surface area contributed by atoms with E-state index >= 15 is 0 Å². The molecule has 0 bridgehead atoms. The second kappa shape index (κ2) is 7.33. The second-order valence-electron chi connectivity index (χ2n) is 6.10. The maximum atomic E-state index is 12.3. The molecule has 0 radical (unpaired) electrons. The van der Waals surface area contributed by atoms with Crippen molar-refractivity contribution >= 4 is 23.5 Å². The molecular formula is C17H22N2O5. The first-order valence-electron chi connectivity index (χ1n) is 7.90. The van der Waals surface area contributed by atoms with Crippen LogP contribution >= 0.6 is 0 Å². The summed E-state index contributed by atoms with van der Waals surface area (Å²) >= 11 is 0. The Balaban J connectivity index is 2.04. The van der Waals surface area contributed by atoms with Crippen molar-refractivity contribution in [2.45, 2.75) is 39.3 Å². The zero-order valence-electron chi connectivity index (χ0n) is 14.0. The van der Waals surface area contributed by atoms with Gasteiger partial charge in [0.1, 0.15) is 11.8 Å². The monoisotopic (exact) mass is 334 g/mol. The average molecular weight is 334 g/mol. The Morgan fingerprint density at radius 1 is 1.33 bits per heavy atom. The first-order chi connectivity index (χ1) is 11.3. The van der Waals surface area contributed by atoms with Crippen molar-refractivity contribution in [3.8, 4) is 5.75 Å². The van der Waals surface area contributed by atoms with Gasteiger partial charge in [-0.2, -0.15) is 0 Å². The highest BCUT2D eigenvalue weighted by Gasteiger charge is 2.31. The van der Waals surface area contributed by atoms with Gasteiger partial charge in [0.2, 0.25) is 5.91 Å². The molecule has 130 valence electrons. The smallest absolute Gasteiger partial charge is 0.326 e. The topological polar surface area (TPSA) is 95.9 Å². The molecule has 0 saturated carbocycles. The van der Waals surface area contributed by atoms with E-state index < -0.39 is 24.0 Å². The summed E-state index contributed by atoms with van der Waals surface area (Å²) in [5.41, 5.74) is 0.618. The number of carboxylic acid groups (broad SMARTS) is 1. The average Bonchev–Trinajstić information content (AvgIpc) is 2.52. The standard InChI is InChI=1S/C17H22N2O5/c1-10(2)15(17(22)23)18-14(20)8-9-19-12-6-4-5-7-13(12)24-11(3)16(19)21/h4-7,10-11,15H,8-9H2,1-3H3,(H,18,20)(H,22,23)/t11-,15+/m1/s1. The minimum atomic E-state index is -1.07. The van der Waals surface area contributed by atoms with Crippen molar-refractivity contribution in [3.63, 3.8) is 0 Å². The van der Waals surface area contributed by atoms with E-state index in [4.69, 9.17) is 9.84 Å². The number of nitrogens with one attached hydrogen (secondary N) is 1. The highest BCUT2D eigenvalue weighted by atomic mass is 16.5. The molecule has 1 aromatic carbocycles. The van der Waals surface area contributed by atoms with E-state index in [1.165, 1.54) is 4.90 Å². The number of rotatable bonds is 6. The predicted molar refractivity (Wildman–Crippen MR) is 87.9 cm³/mol. The van der Waals surface area contributed by atoms with E-state index in [2.05, 4.69) is 5.32 Å². The molecule has 1 aromatic rings. The lowest BCUT2D eigenvalue weighted by Gasteiger charge is -2.33. The van der Waals surface area contributed by atoms with Gasteiger partial charge in [0.25, 0.3) is 5.91 Å². The fourth-order valence-corrected chi connectivity index (χ4v) is 2.56. The number of carboxylic acids is 1. The third-order valence-electron chi connectivity index (χ3n) is 3.89. The fourth-order valence-electron chi connectivity index (χ4n) is 2.56. The van der Waals surface area contributed by atoms with Crippen LogP contribution in [0, 0.1) is 5.92 Å². The second-order valence-corrected chi connectivity index (χ2v) is 6.10. The third kappa shape index (κ3) is 3.84. The van der Waals surface area contributed by atoms with Crippen LogP contribution in [0.1, 0.15) is 27.2 Å². The number of hydrogen-bond acceptors (Lipinski definition) is 4. The molecule has 1 aliphatic heterocycles. The summed E-state index contributed by atoms with van der Waals surface area (Å²) in [7, 11) is 0. The molecule has 2 atom stereocenters. The lowest BCUT2D eigenvalue weighted by molar-refractivity contribution is -0.143. The number of nitrogens with zero attached hydrogens (tertiary/aromatic N) is 1. The molecular weight excluding hydrogens is 312 g/mol. The molecule has 0 aliphatic carbocycles. The zero-order chi connectivity index (χ0) is 17.9. The molecule has 0 aromatic heterocycles. The summed E-state index contributed by atoms with van der Waals surface area (Å²) in [6, 6.07) is 6.18. The number of anilines is 1. The molecule has 7 heteroatoms. The first-order valence-corrected chi connectivity index (χ1v) is 7.90. The summed E-state index contributed by atoms with van der Waals surface area (Å²) in [5.74, 6) is -1.33. The van der Waals surface area contributed by atoms with Gasteiger partial charge in [0.05, 0.1) is 5.69 Å². The molecule has 0 spiro atoms. The SMILES string of the molecule is CC(C)[C@H](NC(=O)CCN1C(=O)[C@@H](C)Oc2ccccc21)C(=O)O. The third-order valence-corrected chi connectivity index (χ3v) is 3.89. The van der Waals surface area contributed by atoms with E-state index in [0.717, 1.165) is 0 Å². The van der Waals surface area contributed by atoms with Crippen molar-refractivity contribution in [2.24, 2.45) is 5.92 Å². The van der Waals surface area contributed by atoms with Crippen LogP contribution in [-0.4, -0.2) is 41.6 Å². The Labute approximate surface area is 140 Å². The van der Waals surface area contributed by atoms with Crippen LogP contribution in [0.15, 0.2) is 24.3 Å². The van der Waals surface area contributed by atoms with Crippen LogP contribution in [-0.2, 0) is 14.4 Å². The molecule has 2 amide bonds. The zero-order valence-corrected chi connectivity index (χ0v) is 14.0. The molecule has 0 unspecified atom stereocenters. The number of ether oxygens (including phenoxy) is 1. The van der Waals surface area contributed by atoms with Crippen LogP contribution in [0.5, 0.6) is 5.75 Å². The number of benzene rings is 1. The maximum Gasteiger partial charge on any atom is 0.326 e. The number of aliphatic carboxylic acids is 1. The van der Waals surface area contributed by atoms with E-state index in [9.17, 15) is 14.4 Å². The van der Waals surface area contributed by atoms with Crippen LogP contribution < -0.4 is 15.0 Å². The fraction of sp³-hybridized carbons (Fsp3) is 0.471. The molecule has 0 fully saturated rings. The molecule has 24 heavy (non-hydrogen) atoms. The minimum absolute atomic E-state index is 0.0172. The van der Waals surface area contributed by atoms with E-state index in [0.29, 0.717) is 11.4 Å². The van der Waals surface area contributed by atoms with Crippen LogP contribution in [0.2, 0.25) is 0 Å². The van der Waals surface area contributed by atoms with Crippen molar-refractivity contribution in [3.05, 3.63) is 24.3 Å². The van der Waals surface area contributed by atoms with Crippen LogP contribution in [0.4, 0.5) is 5.69 Å². The summed E-state index contributed by atoms with van der Waals surface area (Å²) in [5, 5.41) is 11.6. The number of hydrogen-bond donors (Lipinski definition) is 2. The van der Waals surface area contributed by atoms with Crippen LogP contribution in [0.25, 0.3) is 0 Å². The van der Waals surface area contributed by atoms with E-state index in [1.54, 1.807) is 39.0 Å². The molecule has 1 aliphatic rings. The van der Waals surface area contributed by atoms with E-state index in [-0.39, 0.29) is 24.8 Å². The van der Waals surface area contributed by atoms with Gasteiger partial charge in [-0.25, -0.2) is 4.79 Å². The molecule has 2 N–H and O–H groups in total. The lowest BCUT2D eigenvalue weighted by Crippen LogP contribution is -2.48. The number of amides is 2. The number of fused-ring (bicyclic) bond motifs is 1. The first kappa shape index (κ1) is 17.8. The summed E-state index contributed by atoms with van der Waals surface area (Å²) in [6.45, 7) is 5.27. The molecule has 7 nitrogen and oxygen atoms in total. The van der Waals surface area contributed by atoms with Gasteiger partial charge in [-0.1, -0.05) is 26.0 Å². The van der Waals surface area contributed by atoms with Gasteiger partial charge in [0.15, 0.2) is 6.10 Å². The number of para-hydroxylation sites is 2. The Morgan fingerprint density at radius 3 is 2.62 bits per heavy atom. The molecule has 0 saturated heterocycles. The summed E-state index contributed by atoms with van der Waals surface area (Å²) in [6.07, 6.45) is -0.603. The minimum Gasteiger partial charge on any atom is -0.480 e. The van der Waals surface area contributed by atoms with Crippen molar-refractivity contribution in [1.82, 2.24) is 5.32 Å². The Morgan fingerprint density at radius 2 is 2.00 bits per heavy atom. The molecule has 2 rings (SSSR count). The van der Waals surface area contributed by atoms with Gasteiger partial charge in [-0.15, -0.1) is 0 Å². The summed E-state index contributed by atoms with van der Waals surface area (Å²) in [4.78, 5) is 37.0. The highest BCUT2D eigenvalue weighted by Crippen LogP contribution is 2.33. The van der Waals surface area contributed by atoms with Gasteiger partial charge in [-0.3, -0.25) is 9.59 Å². The number of carbonyl (C=O) groups is 3. The van der Waals surface area contributed by atoms with Crippen molar-refractivity contribution < 1.29 is 24.2 Å². The predicted octanol–water partition coefficient (Wildman–Crippen LogP) is 1.42. The van der Waals surface area contributed by atoms with Crippen molar-refractivity contribution in [1.29, 1.82) is 0 Å². The maximum absolute atomic E-state index is 12.3.